The fourth-order valence-corrected chi connectivity index (χ4v) is 2.29. The van der Waals surface area contributed by atoms with Gasteiger partial charge >= 0.3 is 11.9 Å². The number of nitrogens with zero attached hydrogens (tertiary/aromatic N) is 1. The normalized spacial score (nSPS) is 10.1. The Balaban J connectivity index is 1.87. The molecule has 2 aromatic carbocycles. The van der Waals surface area contributed by atoms with Gasteiger partial charge in [-0.2, -0.15) is 0 Å². The van der Waals surface area contributed by atoms with Crippen molar-refractivity contribution in [3.05, 3.63) is 69.8 Å². The van der Waals surface area contributed by atoms with Crippen molar-refractivity contribution in [2.45, 2.75) is 19.8 Å². The average Bonchev–Trinajstić information content (AvgIpc) is 2.72. The molecule has 0 saturated heterocycles. The Morgan fingerprint density at radius 1 is 1.00 bits per heavy atom. The topological polar surface area (TPSA) is 125 Å². The molecule has 0 radical (unpaired) electrons. The molecule has 2 rings (SSSR count). The highest BCUT2D eigenvalue weighted by Crippen LogP contribution is 2.18. The fourth-order valence-electron chi connectivity index (χ4n) is 2.29. The number of nitrogens with one attached hydrogen (secondary N) is 1. The van der Waals surface area contributed by atoms with Crippen molar-refractivity contribution in [1.29, 1.82) is 0 Å². The molecule has 0 atom stereocenters. The van der Waals surface area contributed by atoms with Crippen LogP contribution in [0.5, 0.6) is 0 Å². The van der Waals surface area contributed by atoms with Crippen LogP contribution in [0.4, 0.5) is 11.4 Å². The first kappa shape index (κ1) is 21.5. The van der Waals surface area contributed by atoms with E-state index in [2.05, 4.69) is 5.32 Å². The lowest BCUT2D eigenvalue weighted by molar-refractivity contribution is -0.385. The Bertz CT molecular complexity index is 894. The summed E-state index contributed by atoms with van der Waals surface area (Å²) in [4.78, 5) is 46.0. The highest BCUT2D eigenvalue weighted by Gasteiger charge is 2.21. The van der Waals surface area contributed by atoms with Crippen molar-refractivity contribution < 1.29 is 28.8 Å². The van der Waals surface area contributed by atoms with Crippen LogP contribution in [0.3, 0.4) is 0 Å². The summed E-state index contributed by atoms with van der Waals surface area (Å²) in [5, 5.41) is 13.4. The minimum absolute atomic E-state index is 0.240. The molecule has 1 amide bonds. The van der Waals surface area contributed by atoms with Crippen molar-refractivity contribution in [3.63, 3.8) is 0 Å². The average molecular weight is 400 g/mol. The first-order valence-corrected chi connectivity index (χ1v) is 8.90. The predicted molar refractivity (Wildman–Crippen MR) is 104 cm³/mol. The van der Waals surface area contributed by atoms with Crippen LogP contribution in [0, 0.1) is 10.1 Å². The molecule has 0 aliphatic heterocycles. The van der Waals surface area contributed by atoms with Gasteiger partial charge in [0.25, 0.3) is 11.6 Å². The summed E-state index contributed by atoms with van der Waals surface area (Å²) in [6.45, 7) is 1.72. The van der Waals surface area contributed by atoms with Gasteiger partial charge in [0.2, 0.25) is 0 Å². The van der Waals surface area contributed by atoms with Crippen molar-refractivity contribution in [3.8, 4) is 0 Å². The van der Waals surface area contributed by atoms with E-state index < -0.39 is 35.1 Å². The molecule has 0 spiro atoms. The largest absolute Gasteiger partial charge is 0.462 e. The predicted octanol–water partition coefficient (Wildman–Crippen LogP) is 3.35. The van der Waals surface area contributed by atoms with E-state index in [0.29, 0.717) is 17.9 Å². The van der Waals surface area contributed by atoms with Gasteiger partial charge in [-0.05, 0) is 36.8 Å². The van der Waals surface area contributed by atoms with Crippen LogP contribution in [-0.2, 0) is 14.3 Å². The van der Waals surface area contributed by atoms with E-state index in [-0.39, 0.29) is 5.56 Å². The van der Waals surface area contributed by atoms with E-state index >= 15 is 0 Å². The van der Waals surface area contributed by atoms with E-state index in [4.69, 9.17) is 9.47 Å². The Morgan fingerprint density at radius 3 is 2.34 bits per heavy atom. The number of ether oxygens (including phenoxy) is 2. The number of para-hydroxylation sites is 1. The number of carbonyl (C=O) groups is 3. The van der Waals surface area contributed by atoms with Gasteiger partial charge in [0.1, 0.15) is 5.56 Å². The lowest BCUT2D eigenvalue weighted by atomic mass is 10.2. The summed E-state index contributed by atoms with van der Waals surface area (Å²) in [5.74, 6) is -2.05. The second kappa shape index (κ2) is 10.5. The van der Waals surface area contributed by atoms with Crippen molar-refractivity contribution in [1.82, 2.24) is 0 Å². The Kier molecular flexibility index (Phi) is 7.84. The maximum absolute atomic E-state index is 12.0. The number of benzene rings is 2. The SMILES string of the molecule is CCCCOC(=O)c1ccc(NC(=O)COC(=O)c2ccccc2[N+](=O)[O-])cc1. The lowest BCUT2D eigenvalue weighted by Gasteiger charge is -2.08. The number of esters is 2. The van der Waals surface area contributed by atoms with Crippen LogP contribution in [0.1, 0.15) is 40.5 Å². The number of hydrogen-bond donors (Lipinski definition) is 1. The second-order valence-corrected chi connectivity index (χ2v) is 5.97. The van der Waals surface area contributed by atoms with E-state index in [9.17, 15) is 24.5 Å². The standard InChI is InChI=1S/C20H20N2O7/c1-2-3-12-28-19(24)14-8-10-15(11-9-14)21-18(23)13-29-20(25)16-6-4-5-7-17(16)22(26)27/h4-11H,2-3,12-13H2,1H3,(H,21,23). The summed E-state index contributed by atoms with van der Waals surface area (Å²) in [7, 11) is 0. The van der Waals surface area contributed by atoms with Gasteiger partial charge in [-0.15, -0.1) is 0 Å². The monoisotopic (exact) mass is 400 g/mol. The Labute approximate surface area is 166 Å². The highest BCUT2D eigenvalue weighted by molar-refractivity contribution is 5.97. The quantitative estimate of drug-likeness (QED) is 0.296. The summed E-state index contributed by atoms with van der Waals surface area (Å²) in [6.07, 6.45) is 1.70. The van der Waals surface area contributed by atoms with Crippen LogP contribution in [0.15, 0.2) is 48.5 Å². The van der Waals surface area contributed by atoms with E-state index in [1.807, 2.05) is 6.92 Å². The van der Waals surface area contributed by atoms with Crippen LogP contribution in [-0.4, -0.2) is 36.0 Å². The van der Waals surface area contributed by atoms with Crippen LogP contribution in [0.2, 0.25) is 0 Å². The third kappa shape index (κ3) is 6.42. The molecule has 9 nitrogen and oxygen atoms in total. The molecule has 2 aromatic rings. The fraction of sp³-hybridized carbons (Fsp3) is 0.250. The molecule has 0 heterocycles. The van der Waals surface area contributed by atoms with Crippen LogP contribution in [0.25, 0.3) is 0 Å². The van der Waals surface area contributed by atoms with Gasteiger partial charge in [-0.3, -0.25) is 14.9 Å². The molecule has 0 bridgehead atoms. The zero-order valence-corrected chi connectivity index (χ0v) is 15.8. The molecule has 9 heteroatoms. The maximum Gasteiger partial charge on any atom is 0.345 e. The molecular formula is C20H20N2O7. The van der Waals surface area contributed by atoms with E-state index in [1.165, 1.54) is 48.5 Å². The van der Waals surface area contributed by atoms with Gasteiger partial charge < -0.3 is 14.8 Å². The zero-order valence-electron chi connectivity index (χ0n) is 15.8. The number of rotatable bonds is 9. The molecule has 0 aliphatic rings. The van der Waals surface area contributed by atoms with Gasteiger partial charge in [-0.1, -0.05) is 25.5 Å². The number of anilines is 1. The van der Waals surface area contributed by atoms with Crippen molar-refractivity contribution in [2.75, 3.05) is 18.5 Å². The van der Waals surface area contributed by atoms with Gasteiger partial charge in [0, 0.05) is 11.8 Å². The third-order valence-corrected chi connectivity index (χ3v) is 3.79. The molecule has 0 saturated carbocycles. The van der Waals surface area contributed by atoms with Crippen LogP contribution >= 0.6 is 0 Å². The Hall–Kier alpha value is -3.75. The van der Waals surface area contributed by atoms with Gasteiger partial charge in [0.05, 0.1) is 17.1 Å². The summed E-state index contributed by atoms with van der Waals surface area (Å²) in [5.41, 5.74) is 0.0966. The van der Waals surface area contributed by atoms with Crippen molar-refractivity contribution >= 4 is 29.2 Å². The number of unbranched alkanes of at least 4 members (excludes halogenated alkanes) is 1. The molecule has 29 heavy (non-hydrogen) atoms. The molecule has 152 valence electrons. The number of hydrogen-bond acceptors (Lipinski definition) is 7. The third-order valence-electron chi connectivity index (χ3n) is 3.79. The second-order valence-electron chi connectivity index (χ2n) is 5.97. The summed E-state index contributed by atoms with van der Waals surface area (Å²) in [6, 6.07) is 11.3. The Morgan fingerprint density at radius 2 is 1.69 bits per heavy atom. The minimum Gasteiger partial charge on any atom is -0.462 e. The molecule has 0 aliphatic carbocycles. The molecular weight excluding hydrogens is 380 g/mol. The first-order chi connectivity index (χ1) is 13.9. The lowest BCUT2D eigenvalue weighted by Crippen LogP contribution is -2.21. The number of carbonyl (C=O) groups excluding carboxylic acids is 3. The van der Waals surface area contributed by atoms with Crippen LogP contribution < -0.4 is 5.32 Å². The maximum atomic E-state index is 12.0. The highest BCUT2D eigenvalue weighted by atomic mass is 16.6. The zero-order chi connectivity index (χ0) is 21.2. The number of amides is 1. The summed E-state index contributed by atoms with van der Waals surface area (Å²) < 4.78 is 9.93. The van der Waals surface area contributed by atoms with Crippen molar-refractivity contribution in [2.24, 2.45) is 0 Å². The molecule has 0 aromatic heterocycles. The molecule has 1 N–H and O–H groups in total. The molecule has 0 fully saturated rings. The first-order valence-electron chi connectivity index (χ1n) is 8.90. The summed E-state index contributed by atoms with van der Waals surface area (Å²) >= 11 is 0. The minimum atomic E-state index is -0.974. The van der Waals surface area contributed by atoms with Gasteiger partial charge in [-0.25, -0.2) is 9.59 Å². The number of nitro groups is 1. The molecule has 0 unspecified atom stereocenters. The smallest absolute Gasteiger partial charge is 0.345 e. The van der Waals surface area contributed by atoms with E-state index in [1.54, 1.807) is 0 Å². The van der Waals surface area contributed by atoms with E-state index in [0.717, 1.165) is 12.8 Å². The number of nitro benzene ring substituents is 1. The van der Waals surface area contributed by atoms with Gasteiger partial charge in [0.15, 0.2) is 6.61 Å².